The number of rotatable bonds is 4. The summed E-state index contributed by atoms with van der Waals surface area (Å²) in [5.41, 5.74) is 0. The third kappa shape index (κ3) is 4.75. The molecular weight excluding hydrogens is 298 g/mol. The van der Waals surface area contributed by atoms with Gasteiger partial charge in [0.05, 0.1) is 12.3 Å². The summed E-state index contributed by atoms with van der Waals surface area (Å²) in [5.74, 6) is 0.202. The highest BCUT2D eigenvalue weighted by molar-refractivity contribution is 7.90. The van der Waals surface area contributed by atoms with E-state index in [1.54, 1.807) is 11.1 Å². The molecule has 1 saturated heterocycles. The molecule has 2 amide bonds. The summed E-state index contributed by atoms with van der Waals surface area (Å²) in [5, 5.41) is 5.55. The molecule has 8 heteroatoms. The molecule has 0 spiro atoms. The van der Waals surface area contributed by atoms with E-state index in [0.717, 1.165) is 17.8 Å². The van der Waals surface area contributed by atoms with Crippen molar-refractivity contribution >= 4 is 27.2 Å². The van der Waals surface area contributed by atoms with Gasteiger partial charge in [0.1, 0.15) is 14.8 Å². The molecule has 0 radical (unpaired) electrons. The Morgan fingerprint density at radius 1 is 1.60 bits per heavy atom. The van der Waals surface area contributed by atoms with Gasteiger partial charge in [0.25, 0.3) is 0 Å². The highest BCUT2D eigenvalue weighted by Gasteiger charge is 2.25. The van der Waals surface area contributed by atoms with Crippen LogP contribution in [0.3, 0.4) is 0 Å². The van der Waals surface area contributed by atoms with Crippen LogP contribution in [0.25, 0.3) is 0 Å². The maximum Gasteiger partial charge on any atom is 0.317 e. The van der Waals surface area contributed by atoms with Crippen LogP contribution in [0.5, 0.6) is 0 Å². The normalized spacial score (nSPS) is 19.9. The smallest absolute Gasteiger partial charge is 0.317 e. The number of hydrogen-bond acceptors (Lipinski definition) is 5. The fraction of sp³-hybridized carbons (Fsp3) is 0.667. The van der Waals surface area contributed by atoms with Gasteiger partial charge in [-0.3, -0.25) is 0 Å². The summed E-state index contributed by atoms with van der Waals surface area (Å²) in [6.45, 7) is 1.62. The Morgan fingerprint density at radius 3 is 3.05 bits per heavy atom. The van der Waals surface area contributed by atoms with Gasteiger partial charge >= 0.3 is 6.03 Å². The zero-order chi connectivity index (χ0) is 14.6. The molecule has 0 aromatic carbocycles. The lowest BCUT2D eigenvalue weighted by atomic mass is 10.0. The second-order valence-electron chi connectivity index (χ2n) is 5.13. The van der Waals surface area contributed by atoms with Gasteiger partial charge in [-0.1, -0.05) is 0 Å². The molecular formula is C12H19N3O3S2. The van der Waals surface area contributed by atoms with Gasteiger partial charge in [-0.2, -0.15) is 0 Å². The first-order valence-electron chi connectivity index (χ1n) is 6.53. The zero-order valence-corrected chi connectivity index (χ0v) is 13.0. The summed E-state index contributed by atoms with van der Waals surface area (Å²) in [7, 11) is -2.99. The molecule has 2 rings (SSSR count). The van der Waals surface area contributed by atoms with Crippen molar-refractivity contribution in [3.8, 4) is 0 Å². The number of likely N-dealkylation sites (tertiary alicyclic amines) is 1. The number of aromatic nitrogens is 1. The van der Waals surface area contributed by atoms with Gasteiger partial charge in [-0.05, 0) is 18.8 Å². The van der Waals surface area contributed by atoms with Gasteiger partial charge in [0.2, 0.25) is 0 Å². The number of carbonyl (C=O) groups is 1. The second kappa shape index (κ2) is 6.53. The van der Waals surface area contributed by atoms with Crippen molar-refractivity contribution in [3.05, 3.63) is 16.6 Å². The first-order valence-corrected chi connectivity index (χ1v) is 9.47. The van der Waals surface area contributed by atoms with Crippen LogP contribution in [0.1, 0.15) is 17.8 Å². The third-order valence-electron chi connectivity index (χ3n) is 3.22. The van der Waals surface area contributed by atoms with Crippen molar-refractivity contribution in [2.24, 2.45) is 5.92 Å². The lowest BCUT2D eigenvalue weighted by Gasteiger charge is -2.32. The molecule has 112 valence electrons. The van der Waals surface area contributed by atoms with Crippen molar-refractivity contribution in [2.45, 2.75) is 19.4 Å². The van der Waals surface area contributed by atoms with Crippen LogP contribution >= 0.6 is 11.3 Å². The Morgan fingerprint density at radius 2 is 2.40 bits per heavy atom. The quantitative estimate of drug-likeness (QED) is 0.902. The van der Waals surface area contributed by atoms with Crippen molar-refractivity contribution in [3.63, 3.8) is 0 Å². The molecule has 1 atom stereocenters. The fourth-order valence-corrected chi connectivity index (χ4v) is 4.10. The maximum absolute atomic E-state index is 12.0. The number of nitrogens with one attached hydrogen (secondary N) is 1. The Labute approximate surface area is 123 Å². The second-order valence-corrected chi connectivity index (χ2v) is 8.30. The third-order valence-corrected chi connectivity index (χ3v) is 5.08. The summed E-state index contributed by atoms with van der Waals surface area (Å²) in [4.78, 5) is 17.9. The molecule has 20 heavy (non-hydrogen) atoms. The Kier molecular flexibility index (Phi) is 4.98. The van der Waals surface area contributed by atoms with Crippen LogP contribution in [0.2, 0.25) is 0 Å². The monoisotopic (exact) mass is 317 g/mol. The number of urea groups is 1. The molecule has 1 N–H and O–H groups in total. The van der Waals surface area contributed by atoms with E-state index in [1.165, 1.54) is 17.6 Å². The molecule has 1 aromatic rings. The molecule has 0 bridgehead atoms. The lowest BCUT2D eigenvalue weighted by Crippen LogP contribution is -2.46. The molecule has 1 fully saturated rings. The number of nitrogens with zero attached hydrogens (tertiary/aromatic N) is 2. The predicted molar refractivity (Wildman–Crippen MR) is 78.4 cm³/mol. The van der Waals surface area contributed by atoms with Crippen LogP contribution in [-0.4, -0.2) is 49.4 Å². The van der Waals surface area contributed by atoms with Gasteiger partial charge < -0.3 is 10.2 Å². The number of amides is 2. The Balaban J connectivity index is 1.83. The highest BCUT2D eigenvalue weighted by Crippen LogP contribution is 2.18. The van der Waals surface area contributed by atoms with E-state index in [2.05, 4.69) is 10.3 Å². The summed E-state index contributed by atoms with van der Waals surface area (Å²) < 4.78 is 22.7. The fourth-order valence-electron chi connectivity index (χ4n) is 2.42. The van der Waals surface area contributed by atoms with E-state index in [9.17, 15) is 13.2 Å². The topological polar surface area (TPSA) is 79.4 Å². The minimum atomic E-state index is -2.99. The summed E-state index contributed by atoms with van der Waals surface area (Å²) >= 11 is 1.50. The maximum atomic E-state index is 12.0. The molecule has 0 saturated carbocycles. The number of hydrogen-bond donors (Lipinski definition) is 1. The average Bonchev–Trinajstić information content (AvgIpc) is 2.87. The molecule has 0 unspecified atom stereocenters. The summed E-state index contributed by atoms with van der Waals surface area (Å²) in [6, 6.07) is -0.140. The Bertz CT molecular complexity index is 542. The van der Waals surface area contributed by atoms with E-state index in [0.29, 0.717) is 19.6 Å². The lowest BCUT2D eigenvalue weighted by molar-refractivity contribution is 0.170. The summed E-state index contributed by atoms with van der Waals surface area (Å²) in [6.07, 6.45) is 4.66. The highest BCUT2D eigenvalue weighted by atomic mass is 32.2. The number of carbonyl (C=O) groups excluding carboxylic acids is 1. The number of thiazole rings is 1. The van der Waals surface area contributed by atoms with Gasteiger partial charge in [0.15, 0.2) is 0 Å². The van der Waals surface area contributed by atoms with Crippen molar-refractivity contribution in [1.29, 1.82) is 0 Å². The minimum absolute atomic E-state index is 0.0457. The molecule has 2 heterocycles. The SMILES string of the molecule is CS(=O)(=O)C[C@@H]1CCCN(C(=O)NCc2nccs2)C1. The van der Waals surface area contributed by atoms with Crippen molar-refractivity contribution in [2.75, 3.05) is 25.1 Å². The van der Waals surface area contributed by atoms with Crippen molar-refractivity contribution in [1.82, 2.24) is 15.2 Å². The number of sulfone groups is 1. The van der Waals surface area contributed by atoms with Gasteiger partial charge in [-0.15, -0.1) is 11.3 Å². The molecule has 6 nitrogen and oxygen atoms in total. The van der Waals surface area contributed by atoms with Gasteiger partial charge in [-0.25, -0.2) is 18.2 Å². The first-order chi connectivity index (χ1) is 9.44. The van der Waals surface area contributed by atoms with Crippen LogP contribution < -0.4 is 5.32 Å². The zero-order valence-electron chi connectivity index (χ0n) is 11.4. The van der Waals surface area contributed by atoms with E-state index in [4.69, 9.17) is 0 Å². The Hall–Kier alpha value is -1.15. The predicted octanol–water partition coefficient (Wildman–Crippen LogP) is 1.11. The van der Waals surface area contributed by atoms with E-state index in [-0.39, 0.29) is 17.7 Å². The van der Waals surface area contributed by atoms with Crippen LogP contribution in [-0.2, 0) is 16.4 Å². The van der Waals surface area contributed by atoms with Crippen molar-refractivity contribution < 1.29 is 13.2 Å². The molecule has 1 aromatic heterocycles. The molecule has 1 aliphatic rings. The van der Waals surface area contributed by atoms with E-state index >= 15 is 0 Å². The molecule has 0 aliphatic carbocycles. The van der Waals surface area contributed by atoms with E-state index in [1.807, 2.05) is 5.38 Å². The first kappa shape index (κ1) is 15.2. The minimum Gasteiger partial charge on any atom is -0.331 e. The largest absolute Gasteiger partial charge is 0.331 e. The average molecular weight is 317 g/mol. The van der Waals surface area contributed by atoms with Crippen LogP contribution in [0.4, 0.5) is 4.79 Å². The van der Waals surface area contributed by atoms with Gasteiger partial charge in [0, 0.05) is 30.9 Å². The van der Waals surface area contributed by atoms with Crippen LogP contribution in [0, 0.1) is 5.92 Å². The molecule has 1 aliphatic heterocycles. The van der Waals surface area contributed by atoms with E-state index < -0.39 is 9.84 Å². The standard InChI is InChI=1S/C12H19N3O3S2/c1-20(17,18)9-10-3-2-5-15(8-10)12(16)14-7-11-13-4-6-19-11/h4,6,10H,2-3,5,7-9H2,1H3,(H,14,16)/t10-/m1/s1. The number of piperidine rings is 1. The van der Waals surface area contributed by atoms with Crippen LogP contribution in [0.15, 0.2) is 11.6 Å².